The number of carbonyl (C=O) groups excluding carboxylic acids is 1. The standard InChI is InChI=1S/C21H26FNO4/c1-2-7-21(8-3-4-9-21)27-19-16-17(5-6-18(19)22)20(24)26-15-12-23-10-13-25-14-11-23/h5-6,16H,3-4,8-15H2,1H3. The summed E-state index contributed by atoms with van der Waals surface area (Å²) in [5.74, 6) is 5.05. The number of morpholine rings is 1. The Hall–Kier alpha value is -2.10. The molecule has 0 amide bonds. The van der Waals surface area contributed by atoms with E-state index < -0.39 is 17.4 Å². The molecule has 5 nitrogen and oxygen atoms in total. The SMILES string of the molecule is CC#CC1(Oc2cc(C(=O)OCCN3CCOCC3)ccc2F)CCCC1. The van der Waals surface area contributed by atoms with Gasteiger partial charge in [-0.3, -0.25) is 4.90 Å². The van der Waals surface area contributed by atoms with Crippen LogP contribution in [-0.4, -0.2) is 55.9 Å². The van der Waals surface area contributed by atoms with E-state index in [1.807, 2.05) is 0 Å². The number of esters is 1. The Morgan fingerprint density at radius 3 is 2.74 bits per heavy atom. The van der Waals surface area contributed by atoms with Gasteiger partial charge in [-0.1, -0.05) is 5.92 Å². The van der Waals surface area contributed by atoms with Gasteiger partial charge in [0.25, 0.3) is 0 Å². The van der Waals surface area contributed by atoms with Crippen LogP contribution in [0.1, 0.15) is 43.0 Å². The van der Waals surface area contributed by atoms with Crippen LogP contribution in [0.4, 0.5) is 4.39 Å². The molecule has 6 heteroatoms. The van der Waals surface area contributed by atoms with Crippen molar-refractivity contribution in [1.29, 1.82) is 0 Å². The molecule has 1 saturated heterocycles. The first-order chi connectivity index (χ1) is 13.1. The molecule has 2 fully saturated rings. The minimum atomic E-state index is -0.658. The first-order valence-electron chi connectivity index (χ1n) is 9.52. The Bertz CT molecular complexity index is 713. The van der Waals surface area contributed by atoms with E-state index in [-0.39, 0.29) is 17.9 Å². The minimum absolute atomic E-state index is 0.0577. The van der Waals surface area contributed by atoms with Crippen molar-refractivity contribution in [3.05, 3.63) is 29.6 Å². The van der Waals surface area contributed by atoms with E-state index in [2.05, 4.69) is 16.7 Å². The highest BCUT2D eigenvalue weighted by molar-refractivity contribution is 5.89. The molecular weight excluding hydrogens is 349 g/mol. The number of hydrogen-bond acceptors (Lipinski definition) is 5. The summed E-state index contributed by atoms with van der Waals surface area (Å²) in [5, 5.41) is 0. The number of halogens is 1. The fourth-order valence-electron chi connectivity index (χ4n) is 3.52. The van der Waals surface area contributed by atoms with Crippen molar-refractivity contribution in [3.8, 4) is 17.6 Å². The number of rotatable bonds is 6. The zero-order valence-electron chi connectivity index (χ0n) is 15.8. The molecule has 3 rings (SSSR count). The molecule has 0 atom stereocenters. The van der Waals surface area contributed by atoms with Crippen LogP contribution in [0.15, 0.2) is 18.2 Å². The quantitative estimate of drug-likeness (QED) is 0.565. The predicted octanol–water partition coefficient (Wildman–Crippen LogP) is 3.03. The Morgan fingerprint density at radius 2 is 2.04 bits per heavy atom. The maximum absolute atomic E-state index is 14.2. The number of nitrogens with zero attached hydrogens (tertiary/aromatic N) is 1. The molecule has 0 bridgehead atoms. The van der Waals surface area contributed by atoms with E-state index in [0.29, 0.717) is 19.8 Å². The van der Waals surface area contributed by atoms with Crippen LogP contribution in [-0.2, 0) is 9.47 Å². The minimum Gasteiger partial charge on any atom is -0.471 e. The summed E-state index contributed by atoms with van der Waals surface area (Å²) < 4.78 is 30.8. The van der Waals surface area contributed by atoms with E-state index in [1.165, 1.54) is 18.2 Å². The highest BCUT2D eigenvalue weighted by atomic mass is 19.1. The van der Waals surface area contributed by atoms with Crippen LogP contribution < -0.4 is 4.74 Å². The van der Waals surface area contributed by atoms with Gasteiger partial charge in [0, 0.05) is 19.6 Å². The molecule has 2 aliphatic rings. The second-order valence-corrected chi connectivity index (χ2v) is 6.91. The smallest absolute Gasteiger partial charge is 0.338 e. The molecule has 27 heavy (non-hydrogen) atoms. The summed E-state index contributed by atoms with van der Waals surface area (Å²) in [4.78, 5) is 14.5. The average Bonchev–Trinajstić information content (AvgIpc) is 3.13. The lowest BCUT2D eigenvalue weighted by Crippen LogP contribution is -2.38. The van der Waals surface area contributed by atoms with Gasteiger partial charge in [-0.05, 0) is 50.8 Å². The lowest BCUT2D eigenvalue weighted by atomic mass is 10.0. The maximum Gasteiger partial charge on any atom is 0.338 e. The van der Waals surface area contributed by atoms with Crippen molar-refractivity contribution in [2.45, 2.75) is 38.2 Å². The Balaban J connectivity index is 1.61. The zero-order valence-corrected chi connectivity index (χ0v) is 15.8. The molecule has 1 aliphatic carbocycles. The van der Waals surface area contributed by atoms with E-state index in [9.17, 15) is 9.18 Å². The molecular formula is C21H26FNO4. The van der Waals surface area contributed by atoms with Crippen LogP contribution >= 0.6 is 0 Å². The van der Waals surface area contributed by atoms with Crippen molar-refractivity contribution in [3.63, 3.8) is 0 Å². The summed E-state index contributed by atoms with van der Waals surface area (Å²) in [6.07, 6.45) is 3.53. The first kappa shape index (κ1) is 19.7. The van der Waals surface area contributed by atoms with Crippen molar-refractivity contribution in [2.24, 2.45) is 0 Å². The van der Waals surface area contributed by atoms with E-state index in [1.54, 1.807) is 6.92 Å². The number of hydrogen-bond donors (Lipinski definition) is 0. The van der Waals surface area contributed by atoms with Crippen LogP contribution in [0.3, 0.4) is 0 Å². The molecule has 0 N–H and O–H groups in total. The molecule has 1 heterocycles. The zero-order chi connectivity index (χ0) is 19.1. The number of ether oxygens (including phenoxy) is 3. The molecule has 1 saturated carbocycles. The molecule has 1 aromatic rings. The fourth-order valence-corrected chi connectivity index (χ4v) is 3.52. The van der Waals surface area contributed by atoms with Gasteiger partial charge < -0.3 is 14.2 Å². The summed E-state index contributed by atoms with van der Waals surface area (Å²) >= 11 is 0. The van der Waals surface area contributed by atoms with Gasteiger partial charge in [0.15, 0.2) is 17.2 Å². The Kier molecular flexibility index (Phi) is 6.70. The topological polar surface area (TPSA) is 48.0 Å². The third-order valence-electron chi connectivity index (χ3n) is 4.98. The van der Waals surface area contributed by atoms with Gasteiger partial charge in [-0.2, -0.15) is 0 Å². The van der Waals surface area contributed by atoms with Crippen LogP contribution in [0.2, 0.25) is 0 Å². The number of carbonyl (C=O) groups is 1. The fraction of sp³-hybridized carbons (Fsp3) is 0.571. The second kappa shape index (κ2) is 9.20. The van der Waals surface area contributed by atoms with Gasteiger partial charge in [-0.15, -0.1) is 5.92 Å². The summed E-state index contributed by atoms with van der Waals surface area (Å²) in [7, 11) is 0. The summed E-state index contributed by atoms with van der Waals surface area (Å²) in [5.41, 5.74) is -0.375. The van der Waals surface area contributed by atoms with Gasteiger partial charge >= 0.3 is 5.97 Å². The van der Waals surface area contributed by atoms with Crippen LogP contribution in [0.25, 0.3) is 0 Å². The van der Waals surface area contributed by atoms with E-state index in [4.69, 9.17) is 14.2 Å². The van der Waals surface area contributed by atoms with Crippen LogP contribution in [0, 0.1) is 17.7 Å². The largest absolute Gasteiger partial charge is 0.471 e. The van der Waals surface area contributed by atoms with Crippen molar-refractivity contribution >= 4 is 5.97 Å². The Morgan fingerprint density at radius 1 is 1.30 bits per heavy atom. The van der Waals surface area contributed by atoms with Crippen molar-refractivity contribution in [1.82, 2.24) is 4.90 Å². The molecule has 1 aliphatic heterocycles. The maximum atomic E-state index is 14.2. The lowest BCUT2D eigenvalue weighted by molar-refractivity contribution is 0.0195. The number of benzene rings is 1. The molecule has 0 unspecified atom stereocenters. The highest BCUT2D eigenvalue weighted by Gasteiger charge is 2.35. The van der Waals surface area contributed by atoms with E-state index >= 15 is 0 Å². The summed E-state index contributed by atoms with van der Waals surface area (Å²) in [6, 6.07) is 4.09. The van der Waals surface area contributed by atoms with E-state index in [0.717, 1.165) is 38.8 Å². The first-order valence-corrected chi connectivity index (χ1v) is 9.52. The van der Waals surface area contributed by atoms with Crippen molar-refractivity contribution in [2.75, 3.05) is 39.5 Å². The van der Waals surface area contributed by atoms with Crippen molar-refractivity contribution < 1.29 is 23.4 Å². The molecule has 0 aromatic heterocycles. The molecule has 1 aromatic carbocycles. The Labute approximate surface area is 159 Å². The molecule has 0 radical (unpaired) electrons. The normalized spacial score (nSPS) is 19.2. The predicted molar refractivity (Wildman–Crippen MR) is 99.2 cm³/mol. The van der Waals surface area contributed by atoms with Gasteiger partial charge in [-0.25, -0.2) is 9.18 Å². The second-order valence-electron chi connectivity index (χ2n) is 6.91. The third kappa shape index (κ3) is 5.21. The summed E-state index contributed by atoms with van der Waals surface area (Å²) in [6.45, 7) is 5.79. The lowest BCUT2D eigenvalue weighted by Gasteiger charge is -2.26. The van der Waals surface area contributed by atoms with Gasteiger partial charge in [0.05, 0.1) is 18.8 Å². The average molecular weight is 375 g/mol. The molecule has 0 spiro atoms. The van der Waals surface area contributed by atoms with Gasteiger partial charge in [0.2, 0.25) is 0 Å². The van der Waals surface area contributed by atoms with Crippen LogP contribution in [0.5, 0.6) is 5.75 Å². The van der Waals surface area contributed by atoms with Gasteiger partial charge in [0.1, 0.15) is 6.61 Å². The molecule has 146 valence electrons. The third-order valence-corrected chi connectivity index (χ3v) is 4.98. The monoisotopic (exact) mass is 375 g/mol. The highest BCUT2D eigenvalue weighted by Crippen LogP contribution is 2.35.